The number of hydrogen-bond donors (Lipinski definition) is 2. The molecule has 0 spiro atoms. The Bertz CT molecular complexity index is 464. The highest BCUT2D eigenvalue weighted by molar-refractivity contribution is 9.10. The summed E-state index contributed by atoms with van der Waals surface area (Å²) in [6, 6.07) is 5.90. The number of carbonyl (C=O) groups excluding carboxylic acids is 1. The minimum absolute atomic E-state index is 0.0298. The second-order valence-corrected chi connectivity index (χ2v) is 6.01. The van der Waals surface area contributed by atoms with Crippen LogP contribution in [0.25, 0.3) is 0 Å². The van der Waals surface area contributed by atoms with E-state index in [0.29, 0.717) is 19.0 Å². The number of likely N-dealkylation sites (tertiary alicyclic amines) is 1. The van der Waals surface area contributed by atoms with Crippen LogP contribution >= 0.6 is 15.9 Å². The van der Waals surface area contributed by atoms with Gasteiger partial charge in [-0.05, 0) is 66.0 Å². The van der Waals surface area contributed by atoms with Crippen molar-refractivity contribution < 1.29 is 4.79 Å². The molecule has 0 aliphatic carbocycles. The SMILES string of the molecule is Cc1ccc(NC(=O)CN2CCC(CN)C2)c(Br)c1. The van der Waals surface area contributed by atoms with E-state index in [-0.39, 0.29) is 5.91 Å². The predicted molar refractivity (Wildman–Crippen MR) is 81.1 cm³/mol. The van der Waals surface area contributed by atoms with Crippen molar-refractivity contribution >= 4 is 27.5 Å². The second kappa shape index (κ2) is 6.50. The first kappa shape index (κ1) is 14.5. The third kappa shape index (κ3) is 4.03. The summed E-state index contributed by atoms with van der Waals surface area (Å²) in [6.45, 7) is 5.06. The molecule has 1 atom stereocenters. The van der Waals surface area contributed by atoms with Crippen LogP contribution in [0.1, 0.15) is 12.0 Å². The Hall–Kier alpha value is -0.910. The van der Waals surface area contributed by atoms with Gasteiger partial charge in [0.1, 0.15) is 0 Å². The summed E-state index contributed by atoms with van der Waals surface area (Å²) in [5.74, 6) is 0.570. The van der Waals surface area contributed by atoms with Crippen LogP contribution in [0.4, 0.5) is 5.69 Å². The lowest BCUT2D eigenvalue weighted by Crippen LogP contribution is -2.32. The third-order valence-electron chi connectivity index (χ3n) is 3.47. The van der Waals surface area contributed by atoms with Gasteiger partial charge in [0.25, 0.3) is 0 Å². The molecule has 1 fully saturated rings. The van der Waals surface area contributed by atoms with Crippen LogP contribution in [0.5, 0.6) is 0 Å². The van der Waals surface area contributed by atoms with Gasteiger partial charge in [0.05, 0.1) is 12.2 Å². The first-order valence-corrected chi connectivity index (χ1v) is 7.36. The van der Waals surface area contributed by atoms with Crippen LogP contribution in [0.2, 0.25) is 0 Å². The number of anilines is 1. The molecule has 5 heteroatoms. The van der Waals surface area contributed by atoms with Crippen molar-refractivity contribution in [3.8, 4) is 0 Å². The van der Waals surface area contributed by atoms with Crippen LogP contribution in [-0.2, 0) is 4.79 Å². The van der Waals surface area contributed by atoms with E-state index in [9.17, 15) is 4.79 Å². The Morgan fingerprint density at radius 1 is 1.58 bits per heavy atom. The zero-order chi connectivity index (χ0) is 13.8. The third-order valence-corrected chi connectivity index (χ3v) is 4.13. The Balaban J connectivity index is 1.87. The molecular weight excluding hydrogens is 306 g/mol. The van der Waals surface area contributed by atoms with Gasteiger partial charge in [-0.3, -0.25) is 9.69 Å². The molecule has 3 N–H and O–H groups in total. The lowest BCUT2D eigenvalue weighted by atomic mass is 10.1. The van der Waals surface area contributed by atoms with Gasteiger partial charge in [-0.2, -0.15) is 0 Å². The lowest BCUT2D eigenvalue weighted by molar-refractivity contribution is -0.117. The second-order valence-electron chi connectivity index (χ2n) is 5.16. The molecule has 1 aromatic carbocycles. The largest absolute Gasteiger partial charge is 0.330 e. The molecule has 1 saturated heterocycles. The van der Waals surface area contributed by atoms with Crippen LogP contribution < -0.4 is 11.1 Å². The van der Waals surface area contributed by atoms with Crippen molar-refractivity contribution in [3.05, 3.63) is 28.2 Å². The Labute approximate surface area is 122 Å². The lowest BCUT2D eigenvalue weighted by Gasteiger charge is -2.15. The summed E-state index contributed by atoms with van der Waals surface area (Å²) in [6.07, 6.45) is 1.10. The number of nitrogens with one attached hydrogen (secondary N) is 1. The minimum atomic E-state index is 0.0298. The van der Waals surface area contributed by atoms with Gasteiger partial charge >= 0.3 is 0 Å². The fourth-order valence-electron chi connectivity index (χ4n) is 2.36. The molecule has 1 aliphatic heterocycles. The standard InChI is InChI=1S/C14H20BrN3O/c1-10-2-3-13(12(15)6-10)17-14(19)9-18-5-4-11(7-16)8-18/h2-3,6,11H,4-5,7-9,16H2,1H3,(H,17,19). The van der Waals surface area contributed by atoms with Gasteiger partial charge < -0.3 is 11.1 Å². The van der Waals surface area contributed by atoms with Gasteiger partial charge in [0.2, 0.25) is 5.91 Å². The van der Waals surface area contributed by atoms with Crippen molar-refractivity contribution in [1.82, 2.24) is 4.90 Å². The summed E-state index contributed by atoms with van der Waals surface area (Å²) >= 11 is 3.46. The fourth-order valence-corrected chi connectivity index (χ4v) is 2.96. The summed E-state index contributed by atoms with van der Waals surface area (Å²) in [7, 11) is 0. The quantitative estimate of drug-likeness (QED) is 0.889. The molecule has 4 nitrogen and oxygen atoms in total. The van der Waals surface area contributed by atoms with Crippen molar-refractivity contribution in [3.63, 3.8) is 0 Å². The van der Waals surface area contributed by atoms with Crippen molar-refractivity contribution in [1.29, 1.82) is 0 Å². The normalized spacial score (nSPS) is 19.6. The average molecular weight is 326 g/mol. The van der Waals surface area contributed by atoms with Gasteiger partial charge in [-0.1, -0.05) is 6.07 Å². The monoisotopic (exact) mass is 325 g/mol. The maximum absolute atomic E-state index is 12.0. The van der Waals surface area contributed by atoms with Crippen LogP contribution in [0.3, 0.4) is 0 Å². The molecule has 19 heavy (non-hydrogen) atoms. The molecule has 0 aromatic heterocycles. The number of hydrogen-bond acceptors (Lipinski definition) is 3. The van der Waals surface area contributed by atoms with Crippen LogP contribution in [0, 0.1) is 12.8 Å². The molecule has 1 heterocycles. The summed E-state index contributed by atoms with van der Waals surface area (Å²) < 4.78 is 0.919. The number of rotatable bonds is 4. The smallest absolute Gasteiger partial charge is 0.238 e. The molecule has 1 aromatic rings. The maximum atomic E-state index is 12.0. The van der Waals surface area contributed by atoms with Crippen molar-refractivity contribution in [2.45, 2.75) is 13.3 Å². The molecule has 2 rings (SSSR count). The number of nitrogens with two attached hydrogens (primary N) is 1. The summed E-state index contributed by atoms with van der Waals surface area (Å²) in [5.41, 5.74) is 7.64. The van der Waals surface area contributed by atoms with E-state index in [1.165, 1.54) is 0 Å². The van der Waals surface area contributed by atoms with Gasteiger partial charge in [-0.15, -0.1) is 0 Å². The number of nitrogens with zero attached hydrogens (tertiary/aromatic N) is 1. The number of benzene rings is 1. The number of amides is 1. The van der Waals surface area contributed by atoms with Crippen molar-refractivity contribution in [2.75, 3.05) is 31.5 Å². The van der Waals surface area contributed by atoms with Gasteiger partial charge in [0.15, 0.2) is 0 Å². The molecule has 1 aliphatic rings. The highest BCUT2D eigenvalue weighted by atomic mass is 79.9. The zero-order valence-electron chi connectivity index (χ0n) is 11.2. The van der Waals surface area contributed by atoms with Crippen LogP contribution in [0.15, 0.2) is 22.7 Å². The first-order valence-electron chi connectivity index (χ1n) is 6.57. The molecule has 0 bridgehead atoms. The average Bonchev–Trinajstić information content (AvgIpc) is 2.80. The number of halogens is 1. The van der Waals surface area contributed by atoms with E-state index >= 15 is 0 Å². The summed E-state index contributed by atoms with van der Waals surface area (Å²) in [5, 5.41) is 2.94. The Morgan fingerprint density at radius 3 is 3.00 bits per heavy atom. The molecule has 1 amide bonds. The zero-order valence-corrected chi connectivity index (χ0v) is 12.7. The molecule has 1 unspecified atom stereocenters. The van der Waals surface area contributed by atoms with E-state index < -0.39 is 0 Å². The molecule has 0 saturated carbocycles. The molecule has 104 valence electrons. The van der Waals surface area contributed by atoms with E-state index in [0.717, 1.165) is 35.2 Å². The maximum Gasteiger partial charge on any atom is 0.238 e. The number of aryl methyl sites for hydroxylation is 1. The van der Waals surface area contributed by atoms with E-state index in [1.54, 1.807) is 0 Å². The topological polar surface area (TPSA) is 58.4 Å². The molecular formula is C14H20BrN3O. The van der Waals surface area contributed by atoms with E-state index in [1.807, 2.05) is 25.1 Å². The van der Waals surface area contributed by atoms with Gasteiger partial charge in [0, 0.05) is 11.0 Å². The van der Waals surface area contributed by atoms with E-state index in [4.69, 9.17) is 5.73 Å². The minimum Gasteiger partial charge on any atom is -0.330 e. The van der Waals surface area contributed by atoms with Crippen molar-refractivity contribution in [2.24, 2.45) is 11.7 Å². The predicted octanol–water partition coefficient (Wildman–Crippen LogP) is 1.98. The summed E-state index contributed by atoms with van der Waals surface area (Å²) in [4.78, 5) is 14.2. The van der Waals surface area contributed by atoms with Gasteiger partial charge in [-0.25, -0.2) is 0 Å². The van der Waals surface area contributed by atoms with Crippen LogP contribution in [-0.4, -0.2) is 37.0 Å². The highest BCUT2D eigenvalue weighted by Gasteiger charge is 2.22. The number of carbonyl (C=O) groups is 1. The first-order chi connectivity index (χ1) is 9.08. The highest BCUT2D eigenvalue weighted by Crippen LogP contribution is 2.23. The Morgan fingerprint density at radius 2 is 2.37 bits per heavy atom. The van der Waals surface area contributed by atoms with E-state index in [2.05, 4.69) is 26.1 Å². The Kier molecular flexibility index (Phi) is 4.96. The molecule has 0 radical (unpaired) electrons. The fraction of sp³-hybridized carbons (Fsp3) is 0.500.